The van der Waals surface area contributed by atoms with Crippen LogP contribution in [-0.4, -0.2) is 28.2 Å². The summed E-state index contributed by atoms with van der Waals surface area (Å²) in [5.41, 5.74) is 2.17. The fraction of sp³-hybridized carbons (Fsp3) is 0.286. The van der Waals surface area contributed by atoms with Crippen LogP contribution < -0.4 is 0 Å². The van der Waals surface area contributed by atoms with Gasteiger partial charge in [0.25, 0.3) is 0 Å². The molecule has 2 aromatic carbocycles. The van der Waals surface area contributed by atoms with Crippen molar-refractivity contribution in [2.24, 2.45) is 5.16 Å². The minimum Gasteiger partial charge on any atom is -0.464 e. The lowest BCUT2D eigenvalue weighted by molar-refractivity contribution is -0.132. The molecule has 0 aliphatic carbocycles. The molecular weight excluding hydrogens is 394 g/mol. The Morgan fingerprint density at radius 1 is 1.07 bits per heavy atom. The first-order chi connectivity index (χ1) is 13.0. The van der Waals surface area contributed by atoms with Crippen LogP contribution in [-0.2, 0) is 29.0 Å². The number of nitrogens with zero attached hydrogens (tertiary/aromatic N) is 1. The van der Waals surface area contributed by atoms with Gasteiger partial charge in [-0.15, -0.1) is 0 Å². The van der Waals surface area contributed by atoms with Crippen LogP contribution >= 0.6 is 11.8 Å². The molecule has 7 heteroatoms. The third-order valence-corrected chi connectivity index (χ3v) is 6.16. The smallest absolute Gasteiger partial charge is 0.367 e. The van der Waals surface area contributed by atoms with E-state index in [2.05, 4.69) is 31.8 Å². The van der Waals surface area contributed by atoms with Crippen LogP contribution in [0.1, 0.15) is 31.9 Å². The van der Waals surface area contributed by atoms with E-state index in [0.717, 1.165) is 27.8 Å². The van der Waals surface area contributed by atoms with Gasteiger partial charge in [-0.2, -0.15) is 0 Å². The van der Waals surface area contributed by atoms with Gasteiger partial charge in [0.15, 0.2) is 9.80 Å². The van der Waals surface area contributed by atoms with Gasteiger partial charge in [0.1, 0.15) is 0 Å². The van der Waals surface area contributed by atoms with Crippen molar-refractivity contribution in [3.63, 3.8) is 0 Å². The number of hydrogen-bond donors (Lipinski definition) is 0. The normalized spacial score (nSPS) is 14.2. The Morgan fingerprint density at radius 2 is 1.64 bits per heavy atom. The van der Waals surface area contributed by atoms with Crippen molar-refractivity contribution >= 4 is 38.4 Å². The zero-order valence-electron chi connectivity index (χ0n) is 16.7. The van der Waals surface area contributed by atoms with Crippen molar-refractivity contribution in [3.05, 3.63) is 59.7 Å². The lowest BCUT2D eigenvalue weighted by Crippen LogP contribution is -2.14. The molecule has 1 unspecified atom stereocenters. The van der Waals surface area contributed by atoms with Crippen LogP contribution in [0.25, 0.3) is 0 Å². The second-order valence-corrected chi connectivity index (χ2v) is 10.2. The topological polar surface area (TPSA) is 65.0 Å². The summed E-state index contributed by atoms with van der Waals surface area (Å²) in [4.78, 5) is 13.2. The van der Waals surface area contributed by atoms with E-state index in [1.807, 2.05) is 43.3 Å². The number of oxime groups is 1. The molecule has 0 saturated carbocycles. The van der Waals surface area contributed by atoms with Crippen LogP contribution in [0.4, 0.5) is 0 Å². The molecule has 0 saturated heterocycles. The van der Waals surface area contributed by atoms with Gasteiger partial charge in [0, 0.05) is 4.90 Å². The third-order valence-electron chi connectivity index (χ3n) is 3.92. The molecule has 0 N–H and O–H groups in total. The number of carbonyl (C=O) groups excluding carboxylic acids is 1. The van der Waals surface area contributed by atoms with Gasteiger partial charge in [0.05, 0.1) is 12.0 Å². The van der Waals surface area contributed by atoms with Crippen molar-refractivity contribution in [1.29, 1.82) is 0 Å². The number of esters is 1. The third kappa shape index (κ3) is 5.87. The second kappa shape index (κ2) is 8.84. The highest BCUT2D eigenvalue weighted by molar-refractivity contribution is 8.15. The van der Waals surface area contributed by atoms with E-state index in [-0.39, 0.29) is 10.5 Å². The van der Waals surface area contributed by atoms with E-state index in [1.54, 1.807) is 12.1 Å². The Balaban J connectivity index is 2.24. The zero-order valence-corrected chi connectivity index (χ0v) is 18.4. The number of carbonyl (C=O) groups is 1. The van der Waals surface area contributed by atoms with Crippen LogP contribution in [0, 0.1) is 6.92 Å². The standard InChI is InChI=1S/C21H25NO4S2/c1-15-7-11-17(12-8-15)27-19(20(23)25-5)22-26-28(6,24)18-13-9-16(10-14-18)21(2,3)4/h7-14H,6H2,1-5H3/b22-19-. The quantitative estimate of drug-likeness (QED) is 0.181. The van der Waals surface area contributed by atoms with Crippen molar-refractivity contribution in [2.45, 2.75) is 42.9 Å². The first kappa shape index (κ1) is 22.0. The van der Waals surface area contributed by atoms with Gasteiger partial charge in [-0.3, -0.25) is 4.28 Å². The first-order valence-electron chi connectivity index (χ1n) is 8.60. The van der Waals surface area contributed by atoms with Crippen LogP contribution in [0.3, 0.4) is 0 Å². The van der Waals surface area contributed by atoms with Crippen molar-refractivity contribution < 1.29 is 18.0 Å². The first-order valence-corrected chi connectivity index (χ1v) is 11.1. The van der Waals surface area contributed by atoms with Gasteiger partial charge in [-0.25, -0.2) is 9.00 Å². The fourth-order valence-electron chi connectivity index (χ4n) is 2.20. The molecule has 1 atom stereocenters. The van der Waals surface area contributed by atoms with Gasteiger partial charge >= 0.3 is 5.97 Å². The number of aryl methyl sites for hydroxylation is 1. The molecule has 0 heterocycles. The molecule has 0 spiro atoms. The van der Waals surface area contributed by atoms with Crippen LogP contribution in [0.5, 0.6) is 0 Å². The number of hydrogen-bond acceptors (Lipinski definition) is 6. The van der Waals surface area contributed by atoms with Gasteiger partial charge in [0.2, 0.25) is 5.04 Å². The molecule has 0 aliphatic rings. The summed E-state index contributed by atoms with van der Waals surface area (Å²) in [5.74, 6) is 2.97. The maximum absolute atomic E-state index is 12.9. The molecule has 2 aromatic rings. The van der Waals surface area contributed by atoms with E-state index in [9.17, 15) is 9.00 Å². The number of benzene rings is 2. The minimum absolute atomic E-state index is 0.0255. The van der Waals surface area contributed by atoms with Crippen LogP contribution in [0.2, 0.25) is 0 Å². The Hall–Kier alpha value is -2.25. The fourth-order valence-corrected chi connectivity index (χ4v) is 3.82. The Morgan fingerprint density at radius 3 is 2.14 bits per heavy atom. The maximum atomic E-state index is 12.9. The van der Waals surface area contributed by atoms with E-state index >= 15 is 0 Å². The number of rotatable bonds is 4. The Bertz CT molecular complexity index is 955. The molecule has 0 aromatic heterocycles. The van der Waals surface area contributed by atoms with Gasteiger partial charge in [-0.1, -0.05) is 67.5 Å². The summed E-state index contributed by atoms with van der Waals surface area (Å²) >= 11 is 1.07. The van der Waals surface area contributed by atoms with Crippen LogP contribution in [0.15, 0.2) is 63.5 Å². The highest BCUT2D eigenvalue weighted by Gasteiger charge is 2.18. The average molecular weight is 420 g/mol. The molecular formula is C21H25NO4S2. The average Bonchev–Trinajstić information content (AvgIpc) is 2.65. The maximum Gasteiger partial charge on any atom is 0.367 e. The molecule has 0 radical (unpaired) electrons. The monoisotopic (exact) mass is 419 g/mol. The Labute approximate surface area is 171 Å². The summed E-state index contributed by atoms with van der Waals surface area (Å²) in [7, 11) is -1.92. The van der Waals surface area contributed by atoms with Gasteiger partial charge < -0.3 is 4.74 Å². The lowest BCUT2D eigenvalue weighted by Gasteiger charge is -2.19. The van der Waals surface area contributed by atoms with Gasteiger partial charge in [-0.05, 0) is 48.0 Å². The number of thioether (sulfide) groups is 1. The predicted octanol–water partition coefficient (Wildman–Crippen LogP) is 4.58. The second-order valence-electron chi connectivity index (χ2n) is 7.27. The summed E-state index contributed by atoms with van der Waals surface area (Å²) in [5, 5.41) is 3.74. The largest absolute Gasteiger partial charge is 0.464 e. The van der Waals surface area contributed by atoms with E-state index in [4.69, 9.17) is 9.02 Å². The molecule has 5 nitrogen and oxygen atoms in total. The zero-order chi connectivity index (χ0) is 20.9. The van der Waals surface area contributed by atoms with Crippen molar-refractivity contribution in [3.8, 4) is 0 Å². The highest BCUT2D eigenvalue weighted by atomic mass is 32.2. The summed E-state index contributed by atoms with van der Waals surface area (Å²) in [6.45, 7) is 8.25. The molecule has 0 bridgehead atoms. The molecule has 0 amide bonds. The number of ether oxygens (including phenoxy) is 1. The predicted molar refractivity (Wildman–Crippen MR) is 116 cm³/mol. The molecule has 0 fully saturated rings. The van der Waals surface area contributed by atoms with Crippen molar-refractivity contribution in [1.82, 2.24) is 0 Å². The van der Waals surface area contributed by atoms with E-state index in [1.165, 1.54) is 7.11 Å². The lowest BCUT2D eigenvalue weighted by atomic mass is 9.87. The number of methoxy groups -OCH3 is 1. The highest BCUT2D eigenvalue weighted by Crippen LogP contribution is 2.25. The van der Waals surface area contributed by atoms with Crippen molar-refractivity contribution in [2.75, 3.05) is 7.11 Å². The Kier molecular flexibility index (Phi) is 6.96. The molecule has 0 aliphatic heterocycles. The van der Waals surface area contributed by atoms with E-state index < -0.39 is 15.8 Å². The summed E-state index contributed by atoms with van der Waals surface area (Å²) in [6, 6.07) is 14.7. The molecule has 150 valence electrons. The summed E-state index contributed by atoms with van der Waals surface area (Å²) in [6.07, 6.45) is 0. The van der Waals surface area contributed by atoms with E-state index in [0.29, 0.717) is 4.90 Å². The minimum atomic E-state index is -3.17. The molecule has 2 rings (SSSR count). The molecule has 28 heavy (non-hydrogen) atoms. The summed E-state index contributed by atoms with van der Waals surface area (Å²) < 4.78 is 22.8. The SMILES string of the molecule is C=S(=O)(O/N=C(\Sc1ccc(C)cc1)C(=O)OC)c1ccc(C(C)(C)C)cc1.